The molecule has 6 heteroatoms. The summed E-state index contributed by atoms with van der Waals surface area (Å²) < 4.78 is 30.4. The Labute approximate surface area is 478 Å². The van der Waals surface area contributed by atoms with Crippen LogP contribution in [0.1, 0.15) is 233 Å². The molecule has 4 nitrogen and oxygen atoms in total. The van der Waals surface area contributed by atoms with Crippen LogP contribution in [0, 0.1) is 27.7 Å². The highest BCUT2D eigenvalue weighted by Gasteiger charge is 2.38. The highest BCUT2D eigenvalue weighted by Crippen LogP contribution is 2.55. The molecule has 0 saturated heterocycles. The second-order valence-corrected chi connectivity index (χ2v) is 33.3. The van der Waals surface area contributed by atoms with Crippen molar-refractivity contribution in [2.24, 2.45) is 0 Å². The Bertz CT molecular complexity index is 2720. The maximum absolute atomic E-state index is 7.61. The standard InChI is InChI=1S/C72H100O4P2/c1-45-29-41-53(65(5,6)7)61(57(45)69(17,18)19)73-77(74-62-54(66(8,9)10)42-30-46(2)58(62)70(20,21)22)51-37-33-49(34-38-51)50-35-39-52(40-36-50)78(75-63-55(67(11,12)13)43-31-47(3)59(63)71(23,24)25)76-64-56(68(14,15)16)44-32-48(4)60(64)72(26,27)28/h29-44H,1-28H3. The fourth-order valence-corrected chi connectivity index (χ4v) is 14.0. The van der Waals surface area contributed by atoms with Gasteiger partial charge in [0.2, 0.25) is 0 Å². The van der Waals surface area contributed by atoms with E-state index in [4.69, 9.17) is 18.1 Å². The van der Waals surface area contributed by atoms with Gasteiger partial charge in [-0.25, -0.2) is 0 Å². The van der Waals surface area contributed by atoms with Gasteiger partial charge in [-0.1, -0.05) is 239 Å². The molecule has 0 N–H and O–H groups in total. The van der Waals surface area contributed by atoms with Gasteiger partial charge in [0.25, 0.3) is 0 Å². The first-order chi connectivity index (χ1) is 35.4. The quantitative estimate of drug-likeness (QED) is 0.121. The third-order valence-electron chi connectivity index (χ3n) is 14.9. The minimum Gasteiger partial charge on any atom is -0.435 e. The summed E-state index contributed by atoms with van der Waals surface area (Å²) in [5.74, 6) is 3.70. The summed E-state index contributed by atoms with van der Waals surface area (Å²) in [4.78, 5) is 0. The number of benzene rings is 6. The van der Waals surface area contributed by atoms with Crippen LogP contribution in [0.2, 0.25) is 0 Å². The Balaban J connectivity index is 1.55. The molecule has 0 atom stereocenters. The molecule has 0 spiro atoms. The van der Waals surface area contributed by atoms with Crippen molar-refractivity contribution in [3.8, 4) is 34.1 Å². The van der Waals surface area contributed by atoms with Gasteiger partial charge in [-0.05, 0) is 129 Å². The van der Waals surface area contributed by atoms with Crippen molar-refractivity contribution < 1.29 is 18.1 Å². The summed E-state index contributed by atoms with van der Waals surface area (Å²) in [6.45, 7) is 63.7. The van der Waals surface area contributed by atoms with Gasteiger partial charge in [-0.15, -0.1) is 0 Å². The van der Waals surface area contributed by atoms with Crippen LogP contribution < -0.4 is 28.7 Å². The Morgan fingerprint density at radius 3 is 0.564 bits per heavy atom. The molecule has 0 aliphatic heterocycles. The summed E-state index contributed by atoms with van der Waals surface area (Å²) in [6.07, 6.45) is 0. The van der Waals surface area contributed by atoms with E-state index in [0.29, 0.717) is 0 Å². The lowest BCUT2D eigenvalue weighted by Gasteiger charge is -2.35. The molecule has 0 unspecified atom stereocenters. The third-order valence-corrected chi connectivity index (χ3v) is 17.7. The number of hydrogen-bond acceptors (Lipinski definition) is 4. The van der Waals surface area contributed by atoms with Crippen LogP contribution in [0.15, 0.2) is 97.1 Å². The molecule has 0 bridgehead atoms. The van der Waals surface area contributed by atoms with Gasteiger partial charge in [0, 0.05) is 44.5 Å². The number of rotatable bonds is 11. The molecular formula is C72H100O4P2. The summed E-state index contributed by atoms with van der Waals surface area (Å²) in [7, 11) is -3.42. The second kappa shape index (κ2) is 22.0. The monoisotopic (exact) mass is 1090 g/mol. The molecule has 0 aliphatic carbocycles. The van der Waals surface area contributed by atoms with E-state index in [1.54, 1.807) is 0 Å². The maximum Gasteiger partial charge on any atom is 0.326 e. The van der Waals surface area contributed by atoms with E-state index in [1.165, 1.54) is 66.8 Å². The molecule has 6 rings (SSSR count). The predicted octanol–water partition coefficient (Wildman–Crippen LogP) is 21.2. The average Bonchev–Trinajstić information content (AvgIpc) is 3.25. The Hall–Kier alpha value is -4.62. The van der Waals surface area contributed by atoms with Crippen molar-refractivity contribution in [3.63, 3.8) is 0 Å². The minimum atomic E-state index is -1.71. The molecule has 0 saturated carbocycles. The molecule has 78 heavy (non-hydrogen) atoms. The lowest BCUT2D eigenvalue weighted by molar-refractivity contribution is 0.440. The highest BCUT2D eigenvalue weighted by molar-refractivity contribution is 7.57. The fourth-order valence-electron chi connectivity index (χ4n) is 11.3. The van der Waals surface area contributed by atoms with Gasteiger partial charge in [-0.3, -0.25) is 0 Å². The van der Waals surface area contributed by atoms with E-state index in [-0.39, 0.29) is 43.3 Å². The summed E-state index contributed by atoms with van der Waals surface area (Å²) >= 11 is 0. The fraction of sp³-hybridized carbons (Fsp3) is 0.500. The van der Waals surface area contributed by atoms with E-state index in [0.717, 1.165) is 44.7 Å². The zero-order valence-corrected chi connectivity index (χ0v) is 55.6. The van der Waals surface area contributed by atoms with E-state index < -0.39 is 16.8 Å². The lowest BCUT2D eigenvalue weighted by Crippen LogP contribution is -2.24. The number of hydrogen-bond donors (Lipinski definition) is 0. The predicted molar refractivity (Wildman–Crippen MR) is 342 cm³/mol. The van der Waals surface area contributed by atoms with Gasteiger partial charge < -0.3 is 18.1 Å². The molecule has 6 aromatic rings. The first-order valence-electron chi connectivity index (χ1n) is 28.5. The topological polar surface area (TPSA) is 36.9 Å². The smallest absolute Gasteiger partial charge is 0.326 e. The van der Waals surface area contributed by atoms with E-state index in [1.807, 2.05) is 0 Å². The van der Waals surface area contributed by atoms with Crippen LogP contribution in [0.3, 0.4) is 0 Å². The van der Waals surface area contributed by atoms with Crippen molar-refractivity contribution in [1.82, 2.24) is 0 Å². The zero-order chi connectivity index (χ0) is 58.8. The maximum atomic E-state index is 7.61. The van der Waals surface area contributed by atoms with Crippen molar-refractivity contribution in [2.75, 3.05) is 0 Å². The lowest BCUT2D eigenvalue weighted by atomic mass is 9.77. The molecule has 6 aromatic carbocycles. The van der Waals surface area contributed by atoms with Crippen LogP contribution in [-0.4, -0.2) is 0 Å². The van der Waals surface area contributed by atoms with E-state index >= 15 is 0 Å². The average molecular weight is 1090 g/mol. The normalized spacial score (nSPS) is 13.4. The Morgan fingerprint density at radius 2 is 0.410 bits per heavy atom. The molecule has 422 valence electrons. The van der Waals surface area contributed by atoms with Crippen LogP contribution in [0.25, 0.3) is 11.1 Å². The van der Waals surface area contributed by atoms with Gasteiger partial charge >= 0.3 is 16.8 Å². The molecule has 0 aliphatic rings. The molecule has 0 amide bonds. The van der Waals surface area contributed by atoms with Gasteiger partial charge in [0.05, 0.1) is 10.6 Å². The van der Waals surface area contributed by atoms with Crippen molar-refractivity contribution in [3.05, 3.63) is 164 Å². The van der Waals surface area contributed by atoms with Crippen LogP contribution in [-0.2, 0) is 43.3 Å². The van der Waals surface area contributed by atoms with Gasteiger partial charge in [0.1, 0.15) is 23.0 Å². The zero-order valence-electron chi connectivity index (χ0n) is 53.8. The van der Waals surface area contributed by atoms with Gasteiger partial charge in [0.15, 0.2) is 0 Å². The molecular weight excluding hydrogens is 991 g/mol. The van der Waals surface area contributed by atoms with Crippen molar-refractivity contribution in [1.29, 1.82) is 0 Å². The number of aryl methyl sites for hydroxylation is 4. The van der Waals surface area contributed by atoms with Crippen molar-refractivity contribution >= 4 is 27.4 Å². The Morgan fingerprint density at radius 1 is 0.231 bits per heavy atom. The first kappa shape index (κ1) is 62.6. The molecule has 0 heterocycles. The van der Waals surface area contributed by atoms with E-state index in [2.05, 4.69) is 291 Å². The molecule has 0 aromatic heterocycles. The third kappa shape index (κ3) is 13.9. The van der Waals surface area contributed by atoms with Crippen molar-refractivity contribution in [2.45, 2.75) is 237 Å². The summed E-state index contributed by atoms with van der Waals surface area (Å²) in [5.41, 5.74) is 15.2. The first-order valence-corrected chi connectivity index (χ1v) is 30.9. The van der Waals surface area contributed by atoms with Crippen LogP contribution in [0.4, 0.5) is 0 Å². The summed E-state index contributed by atoms with van der Waals surface area (Å²) in [6, 6.07) is 35.9. The van der Waals surface area contributed by atoms with Crippen LogP contribution >= 0.6 is 16.8 Å². The van der Waals surface area contributed by atoms with Crippen LogP contribution in [0.5, 0.6) is 23.0 Å². The highest BCUT2D eigenvalue weighted by atomic mass is 31.2. The molecule has 0 fully saturated rings. The Kier molecular flexibility index (Phi) is 17.7. The second-order valence-electron chi connectivity index (χ2n) is 30.5. The molecule has 0 radical (unpaired) electrons. The largest absolute Gasteiger partial charge is 0.435 e. The van der Waals surface area contributed by atoms with E-state index in [9.17, 15) is 0 Å². The summed E-state index contributed by atoms with van der Waals surface area (Å²) in [5, 5.41) is 2.01. The SMILES string of the molecule is Cc1ccc(C(C)(C)C)c(OP(Oc2c(C(C)(C)C)ccc(C)c2C(C)(C)C)c2ccc(-c3ccc(P(Oc4c(C(C)(C)C)ccc(C)c4C(C)(C)C)Oc4c(C(C)(C)C)ccc(C)c4C(C)(C)C)cc3)cc2)c1C(C)(C)C. The minimum absolute atomic E-state index is 0.180. The van der Waals surface area contributed by atoms with Gasteiger partial charge in [-0.2, -0.15) is 0 Å².